The lowest BCUT2D eigenvalue weighted by molar-refractivity contribution is 0.252. The molecular formula is C12H18FN3. The van der Waals surface area contributed by atoms with Gasteiger partial charge in [0.2, 0.25) is 0 Å². The first-order valence-corrected chi connectivity index (χ1v) is 5.73. The Hall–Kier alpha value is -1.00. The van der Waals surface area contributed by atoms with Gasteiger partial charge in [-0.2, -0.15) is 0 Å². The van der Waals surface area contributed by atoms with Gasteiger partial charge >= 0.3 is 0 Å². The highest BCUT2D eigenvalue weighted by Crippen LogP contribution is 2.23. The Bertz CT molecular complexity index is 339. The van der Waals surface area contributed by atoms with Crippen LogP contribution in [0.2, 0.25) is 0 Å². The number of nitrogens with one attached hydrogen (secondary N) is 1. The second-order valence-corrected chi connectivity index (χ2v) is 4.35. The topological polar surface area (TPSA) is 28.2 Å². The van der Waals surface area contributed by atoms with Crippen LogP contribution in [0.5, 0.6) is 0 Å². The van der Waals surface area contributed by atoms with E-state index < -0.39 is 0 Å². The van der Waals surface area contributed by atoms with Gasteiger partial charge in [-0.05, 0) is 32.5 Å². The van der Waals surface area contributed by atoms with E-state index in [2.05, 4.69) is 22.1 Å². The van der Waals surface area contributed by atoms with E-state index in [1.54, 1.807) is 6.07 Å². The number of hydrogen-bond donors (Lipinski definition) is 1. The lowest BCUT2D eigenvalue weighted by Crippen LogP contribution is -2.31. The number of likely N-dealkylation sites (tertiary alicyclic amines) is 1. The fourth-order valence-electron chi connectivity index (χ4n) is 2.20. The molecule has 1 saturated heterocycles. The zero-order valence-corrected chi connectivity index (χ0v) is 9.78. The van der Waals surface area contributed by atoms with Gasteiger partial charge in [-0.15, -0.1) is 0 Å². The summed E-state index contributed by atoms with van der Waals surface area (Å²) in [6.45, 7) is 4.24. The zero-order chi connectivity index (χ0) is 11.5. The number of hydrogen-bond acceptors (Lipinski definition) is 3. The molecule has 0 aliphatic carbocycles. The quantitative estimate of drug-likeness (QED) is 0.843. The molecular weight excluding hydrogens is 205 g/mol. The Morgan fingerprint density at radius 3 is 2.94 bits per heavy atom. The van der Waals surface area contributed by atoms with E-state index in [1.807, 2.05) is 7.05 Å². The number of halogens is 1. The van der Waals surface area contributed by atoms with Crippen LogP contribution >= 0.6 is 0 Å². The molecule has 0 saturated carbocycles. The van der Waals surface area contributed by atoms with E-state index in [1.165, 1.54) is 18.7 Å². The van der Waals surface area contributed by atoms with Crippen LogP contribution < -0.4 is 5.32 Å². The normalized spacial score (nSPS) is 23.6. The Morgan fingerprint density at radius 1 is 1.56 bits per heavy atom. The van der Waals surface area contributed by atoms with E-state index in [-0.39, 0.29) is 11.9 Å². The molecule has 4 heteroatoms. The van der Waals surface area contributed by atoms with Gasteiger partial charge in [-0.25, -0.2) is 4.39 Å². The summed E-state index contributed by atoms with van der Waals surface area (Å²) < 4.78 is 12.8. The molecule has 88 valence electrons. The third kappa shape index (κ3) is 2.39. The molecule has 1 N–H and O–H groups in total. The minimum Gasteiger partial charge on any atom is -0.316 e. The predicted octanol–water partition coefficient (Wildman–Crippen LogP) is 1.58. The molecule has 0 radical (unpaired) electrons. The fourth-order valence-corrected chi connectivity index (χ4v) is 2.20. The lowest BCUT2D eigenvalue weighted by Gasteiger charge is -2.23. The van der Waals surface area contributed by atoms with Crippen molar-refractivity contribution in [1.29, 1.82) is 0 Å². The largest absolute Gasteiger partial charge is 0.316 e. The Kier molecular flexibility index (Phi) is 3.51. The summed E-state index contributed by atoms with van der Waals surface area (Å²) in [6, 6.07) is 4.08. The standard InChI is InChI=1S/C12H18FN3/c1-9(12-4-3-10(13)7-15-12)16-6-5-11(8-16)14-2/h3-4,7,9,11,14H,5-6,8H2,1-2H3. The van der Waals surface area contributed by atoms with Crippen molar-refractivity contribution in [2.75, 3.05) is 20.1 Å². The maximum Gasteiger partial charge on any atom is 0.141 e. The van der Waals surface area contributed by atoms with Crippen molar-refractivity contribution in [3.05, 3.63) is 29.8 Å². The summed E-state index contributed by atoms with van der Waals surface area (Å²) in [5, 5.41) is 3.29. The van der Waals surface area contributed by atoms with Crippen molar-refractivity contribution < 1.29 is 4.39 Å². The van der Waals surface area contributed by atoms with E-state index >= 15 is 0 Å². The van der Waals surface area contributed by atoms with Gasteiger partial charge in [-0.3, -0.25) is 9.88 Å². The van der Waals surface area contributed by atoms with E-state index in [0.717, 1.165) is 18.8 Å². The van der Waals surface area contributed by atoms with Gasteiger partial charge in [0.1, 0.15) is 5.82 Å². The molecule has 1 aromatic heterocycles. The SMILES string of the molecule is CNC1CCN(C(C)c2ccc(F)cn2)C1. The van der Waals surface area contributed by atoms with Crippen LogP contribution in [0, 0.1) is 5.82 Å². The van der Waals surface area contributed by atoms with E-state index in [9.17, 15) is 4.39 Å². The first kappa shape index (κ1) is 11.5. The molecule has 0 aromatic carbocycles. The Labute approximate surface area is 95.7 Å². The summed E-state index contributed by atoms with van der Waals surface area (Å²) in [4.78, 5) is 6.51. The molecule has 1 aromatic rings. The van der Waals surface area contributed by atoms with Gasteiger partial charge in [0.05, 0.1) is 11.9 Å². The van der Waals surface area contributed by atoms with Crippen LogP contribution in [0.15, 0.2) is 18.3 Å². The van der Waals surface area contributed by atoms with E-state index in [4.69, 9.17) is 0 Å². The molecule has 1 aliphatic heterocycles. The van der Waals surface area contributed by atoms with Gasteiger partial charge in [0.25, 0.3) is 0 Å². The van der Waals surface area contributed by atoms with Crippen LogP contribution in [0.1, 0.15) is 25.1 Å². The van der Waals surface area contributed by atoms with Crippen molar-refractivity contribution in [1.82, 2.24) is 15.2 Å². The van der Waals surface area contributed by atoms with Crippen molar-refractivity contribution in [3.63, 3.8) is 0 Å². The highest BCUT2D eigenvalue weighted by atomic mass is 19.1. The molecule has 0 spiro atoms. The predicted molar refractivity (Wildman–Crippen MR) is 61.6 cm³/mol. The second-order valence-electron chi connectivity index (χ2n) is 4.35. The lowest BCUT2D eigenvalue weighted by atomic mass is 10.2. The summed E-state index contributed by atoms with van der Waals surface area (Å²) in [5.74, 6) is -0.273. The van der Waals surface area contributed by atoms with Crippen LogP contribution in [0.4, 0.5) is 4.39 Å². The number of likely N-dealkylation sites (N-methyl/N-ethyl adjacent to an activating group) is 1. The number of aromatic nitrogens is 1. The number of rotatable bonds is 3. The highest BCUT2D eigenvalue weighted by molar-refractivity contribution is 5.10. The molecule has 2 unspecified atom stereocenters. The Balaban J connectivity index is 2.02. The molecule has 1 fully saturated rings. The first-order valence-electron chi connectivity index (χ1n) is 5.73. The smallest absolute Gasteiger partial charge is 0.141 e. The summed E-state index contributed by atoms with van der Waals surface area (Å²) in [5.41, 5.74) is 0.943. The number of nitrogens with zero attached hydrogens (tertiary/aromatic N) is 2. The van der Waals surface area contributed by atoms with Crippen LogP contribution in [-0.4, -0.2) is 36.1 Å². The minimum absolute atomic E-state index is 0.263. The summed E-state index contributed by atoms with van der Waals surface area (Å²) >= 11 is 0. The monoisotopic (exact) mass is 223 g/mol. The second kappa shape index (κ2) is 4.89. The summed E-state index contributed by atoms with van der Waals surface area (Å²) in [7, 11) is 2.00. The maximum absolute atomic E-state index is 12.8. The molecule has 16 heavy (non-hydrogen) atoms. The summed E-state index contributed by atoms with van der Waals surface area (Å²) in [6.07, 6.45) is 2.46. The Morgan fingerprint density at radius 2 is 2.38 bits per heavy atom. The van der Waals surface area contributed by atoms with E-state index in [0.29, 0.717) is 6.04 Å². The minimum atomic E-state index is -0.273. The van der Waals surface area contributed by atoms with Crippen molar-refractivity contribution >= 4 is 0 Å². The maximum atomic E-state index is 12.8. The molecule has 3 nitrogen and oxygen atoms in total. The zero-order valence-electron chi connectivity index (χ0n) is 9.78. The van der Waals surface area contributed by atoms with Crippen LogP contribution in [0.25, 0.3) is 0 Å². The van der Waals surface area contributed by atoms with Gasteiger partial charge in [-0.1, -0.05) is 0 Å². The van der Waals surface area contributed by atoms with Gasteiger partial charge in [0, 0.05) is 25.2 Å². The first-order chi connectivity index (χ1) is 7.70. The van der Waals surface area contributed by atoms with Gasteiger partial charge in [0.15, 0.2) is 0 Å². The number of pyridine rings is 1. The van der Waals surface area contributed by atoms with Gasteiger partial charge < -0.3 is 5.32 Å². The van der Waals surface area contributed by atoms with Crippen molar-refractivity contribution in [2.45, 2.75) is 25.4 Å². The van der Waals surface area contributed by atoms with Crippen LogP contribution in [0.3, 0.4) is 0 Å². The third-order valence-electron chi connectivity index (χ3n) is 3.35. The molecule has 2 atom stereocenters. The molecule has 1 aliphatic rings. The average molecular weight is 223 g/mol. The fraction of sp³-hybridized carbons (Fsp3) is 0.583. The van der Waals surface area contributed by atoms with Crippen molar-refractivity contribution in [3.8, 4) is 0 Å². The molecule has 2 rings (SSSR count). The van der Waals surface area contributed by atoms with Crippen molar-refractivity contribution in [2.24, 2.45) is 0 Å². The van der Waals surface area contributed by atoms with Crippen LogP contribution in [-0.2, 0) is 0 Å². The molecule has 0 bridgehead atoms. The average Bonchev–Trinajstić information content (AvgIpc) is 2.77. The molecule has 2 heterocycles. The molecule has 0 amide bonds. The third-order valence-corrected chi connectivity index (χ3v) is 3.35. The highest BCUT2D eigenvalue weighted by Gasteiger charge is 2.26.